The van der Waals surface area contributed by atoms with E-state index in [1.807, 2.05) is 37.3 Å². The van der Waals surface area contributed by atoms with Crippen molar-refractivity contribution in [3.05, 3.63) is 170 Å². The molecule has 3 heterocycles. The van der Waals surface area contributed by atoms with Gasteiger partial charge in [-0.1, -0.05) is 91.5 Å². The van der Waals surface area contributed by atoms with E-state index in [9.17, 15) is 0 Å². The molecule has 3 aromatic heterocycles. The van der Waals surface area contributed by atoms with E-state index in [4.69, 9.17) is 5.73 Å². The van der Waals surface area contributed by atoms with Crippen LogP contribution >= 0.6 is 0 Å². The normalized spacial score (nSPS) is 12.3. The molecule has 0 saturated heterocycles. The Hall–Kier alpha value is -6.72. The number of aromatic nitrogens is 3. The van der Waals surface area contributed by atoms with E-state index in [0.717, 1.165) is 66.8 Å². The number of nitrogens with two attached hydrogens (primary N) is 1. The maximum atomic E-state index is 7.11. The summed E-state index contributed by atoms with van der Waals surface area (Å²) in [4.78, 5) is 0. The largest absolute Gasteiger partial charge is 0.383 e. The van der Waals surface area contributed by atoms with E-state index < -0.39 is 0 Å². The van der Waals surface area contributed by atoms with E-state index >= 15 is 0 Å². The second-order valence-electron chi connectivity index (χ2n) is 12.5. The Morgan fingerprint density at radius 3 is 1.96 bits per heavy atom. The first kappa shape index (κ1) is 29.4. The summed E-state index contributed by atoms with van der Waals surface area (Å²) in [7, 11) is 0. The van der Waals surface area contributed by atoms with Crippen LogP contribution in [-0.2, 0) is 0 Å². The number of nitrogens with one attached hydrogen (secondary N) is 1. The van der Waals surface area contributed by atoms with Gasteiger partial charge < -0.3 is 20.2 Å². The Morgan fingerprint density at radius 2 is 1.22 bits per heavy atom. The zero-order valence-electron chi connectivity index (χ0n) is 27.7. The van der Waals surface area contributed by atoms with Crippen LogP contribution in [0.1, 0.15) is 6.92 Å². The van der Waals surface area contributed by atoms with Gasteiger partial charge in [0.15, 0.2) is 0 Å². The minimum absolute atomic E-state index is 0.665. The van der Waals surface area contributed by atoms with Gasteiger partial charge in [0.25, 0.3) is 0 Å². The van der Waals surface area contributed by atoms with Gasteiger partial charge in [-0.3, -0.25) is 4.57 Å². The van der Waals surface area contributed by atoms with Gasteiger partial charge in [0.2, 0.25) is 0 Å². The van der Waals surface area contributed by atoms with Crippen LogP contribution in [0.25, 0.3) is 71.6 Å². The van der Waals surface area contributed by atoms with Crippen molar-refractivity contribution < 1.29 is 0 Å². The third-order valence-electron chi connectivity index (χ3n) is 9.66. The van der Waals surface area contributed by atoms with Crippen molar-refractivity contribution in [2.75, 3.05) is 11.1 Å². The molecule has 0 fully saturated rings. The molecule has 0 saturated carbocycles. The second-order valence-corrected chi connectivity index (χ2v) is 12.5. The van der Waals surface area contributed by atoms with Crippen LogP contribution in [0.2, 0.25) is 0 Å². The maximum absolute atomic E-state index is 7.11. The Kier molecular flexibility index (Phi) is 6.92. The van der Waals surface area contributed by atoms with Crippen molar-refractivity contribution in [2.24, 2.45) is 0 Å². The molecule has 240 valence electrons. The summed E-state index contributed by atoms with van der Waals surface area (Å²) in [5.74, 6) is 0.665. The summed E-state index contributed by atoms with van der Waals surface area (Å²) in [6.45, 7) is 6.04. The first-order valence-corrected chi connectivity index (χ1v) is 16.9. The number of nitrogens with zero attached hydrogens (tertiary/aromatic N) is 3. The number of hydrogen-bond acceptors (Lipinski definition) is 2. The molecule has 5 heteroatoms. The molecule has 0 spiro atoms. The van der Waals surface area contributed by atoms with Crippen LogP contribution in [0.3, 0.4) is 0 Å². The predicted molar refractivity (Wildman–Crippen MR) is 214 cm³/mol. The van der Waals surface area contributed by atoms with Gasteiger partial charge in [-0.25, -0.2) is 0 Å². The Labute approximate surface area is 290 Å². The van der Waals surface area contributed by atoms with Crippen molar-refractivity contribution >= 4 is 77.4 Å². The highest BCUT2D eigenvalue weighted by Crippen LogP contribution is 2.46. The lowest BCUT2D eigenvalue weighted by atomic mass is 10.1. The van der Waals surface area contributed by atoms with E-state index in [1.54, 1.807) is 0 Å². The average Bonchev–Trinajstić information content (AvgIpc) is 3.77. The lowest BCUT2D eigenvalue weighted by Gasteiger charge is -2.11. The zero-order chi connectivity index (χ0) is 33.8. The van der Waals surface area contributed by atoms with Crippen LogP contribution in [0.4, 0.5) is 17.2 Å². The Balaban J connectivity index is 1.37. The maximum Gasteiger partial charge on any atom is 0.133 e. The quantitative estimate of drug-likeness (QED) is 0.169. The molecule has 0 amide bonds. The van der Waals surface area contributed by atoms with Crippen molar-refractivity contribution in [3.8, 4) is 11.4 Å². The minimum Gasteiger partial charge on any atom is -0.383 e. The molecule has 50 heavy (non-hydrogen) atoms. The van der Waals surface area contributed by atoms with Gasteiger partial charge in [-0.2, -0.15) is 0 Å². The number of allylic oxidation sites excluding steroid dienone is 5. The molecule has 3 N–H and O–H groups in total. The van der Waals surface area contributed by atoms with E-state index in [-0.39, 0.29) is 0 Å². The highest BCUT2D eigenvalue weighted by molar-refractivity contribution is 6.26. The lowest BCUT2D eigenvalue weighted by molar-refractivity contribution is 1.14. The predicted octanol–water partition coefficient (Wildman–Crippen LogP) is 11.8. The average molecular weight is 646 g/mol. The fourth-order valence-electron chi connectivity index (χ4n) is 7.66. The fourth-order valence-corrected chi connectivity index (χ4v) is 7.66. The summed E-state index contributed by atoms with van der Waals surface area (Å²) < 4.78 is 6.87. The molecule has 0 bridgehead atoms. The van der Waals surface area contributed by atoms with E-state index in [2.05, 4.69) is 159 Å². The molecular weight excluding hydrogens is 611 g/mol. The van der Waals surface area contributed by atoms with E-state index in [1.165, 1.54) is 16.2 Å². The lowest BCUT2D eigenvalue weighted by Crippen LogP contribution is -2.01. The van der Waals surface area contributed by atoms with Crippen LogP contribution in [-0.4, -0.2) is 13.7 Å². The topological polar surface area (TPSA) is 52.8 Å². The number of rotatable bonds is 7. The molecule has 0 atom stereocenters. The molecule has 9 rings (SSSR count). The molecule has 5 nitrogen and oxygen atoms in total. The van der Waals surface area contributed by atoms with Gasteiger partial charge in [0.05, 0.1) is 33.3 Å². The van der Waals surface area contributed by atoms with Gasteiger partial charge in [-0.15, -0.1) is 0 Å². The summed E-state index contributed by atoms with van der Waals surface area (Å²) >= 11 is 0. The molecular formula is C45H35N5. The number of anilines is 3. The van der Waals surface area contributed by atoms with Crippen molar-refractivity contribution in [3.63, 3.8) is 0 Å². The monoisotopic (exact) mass is 645 g/mol. The molecule has 0 aliphatic carbocycles. The van der Waals surface area contributed by atoms with Crippen LogP contribution in [0.5, 0.6) is 0 Å². The van der Waals surface area contributed by atoms with Gasteiger partial charge in [0.1, 0.15) is 5.82 Å². The first-order chi connectivity index (χ1) is 24.7. The van der Waals surface area contributed by atoms with Gasteiger partial charge in [-0.05, 0) is 85.8 Å². The van der Waals surface area contributed by atoms with Gasteiger partial charge >= 0.3 is 0 Å². The first-order valence-electron chi connectivity index (χ1n) is 16.9. The highest BCUT2D eigenvalue weighted by Gasteiger charge is 2.24. The fraction of sp³-hybridized carbons (Fsp3) is 0.0222. The van der Waals surface area contributed by atoms with Crippen LogP contribution < -0.4 is 11.1 Å². The zero-order valence-corrected chi connectivity index (χ0v) is 27.7. The smallest absolute Gasteiger partial charge is 0.133 e. The number of para-hydroxylation sites is 4. The van der Waals surface area contributed by atoms with Gasteiger partial charge in [0, 0.05) is 49.7 Å². The Bertz CT molecular complexity index is 2810. The highest BCUT2D eigenvalue weighted by atomic mass is 15.1. The summed E-state index contributed by atoms with van der Waals surface area (Å²) in [6.07, 6.45) is 8.12. The second kappa shape index (κ2) is 11.8. The third kappa shape index (κ3) is 4.41. The number of hydrogen-bond donors (Lipinski definition) is 2. The number of benzene rings is 6. The minimum atomic E-state index is 0.665. The molecule has 0 aliphatic rings. The molecule has 0 unspecified atom stereocenters. The molecule has 9 aromatic rings. The molecule has 0 aliphatic heterocycles. The number of fused-ring (bicyclic) bond motifs is 8. The SMILES string of the molecule is C=C/C=C(\C=C/C)n1c2ccccc2c2cc(-n3c4ccccc4c4c5c(Nc6ccccc6)c(N)n(-c6ccccc6)c5ccc43)ccc21. The summed E-state index contributed by atoms with van der Waals surface area (Å²) in [6, 6.07) is 49.2. The van der Waals surface area contributed by atoms with Crippen LogP contribution in [0.15, 0.2) is 170 Å². The molecule has 6 aromatic carbocycles. The van der Waals surface area contributed by atoms with Crippen molar-refractivity contribution in [1.82, 2.24) is 13.7 Å². The van der Waals surface area contributed by atoms with Crippen molar-refractivity contribution in [2.45, 2.75) is 6.92 Å². The van der Waals surface area contributed by atoms with Crippen molar-refractivity contribution in [1.29, 1.82) is 0 Å². The molecule has 0 radical (unpaired) electrons. The standard InChI is InChI=1S/C45H35N5/c1-3-15-31(16-4-2)48-37-23-13-11-21-34(37)36-29-33(25-26-39(36)48)49-38-24-14-12-22-35(38)42-40(49)27-28-41-43(42)44(47-30-17-7-5-8-18-30)45(46)50(41)32-19-9-6-10-20-32/h3-29,47H,1,46H2,2H3/b16-4-,31-15+. The summed E-state index contributed by atoms with van der Waals surface area (Å²) in [5.41, 5.74) is 17.8. The Morgan fingerprint density at radius 1 is 0.600 bits per heavy atom. The van der Waals surface area contributed by atoms with E-state index in [0.29, 0.717) is 5.82 Å². The third-order valence-corrected chi connectivity index (χ3v) is 9.66. The van der Waals surface area contributed by atoms with Crippen LogP contribution in [0, 0.1) is 0 Å². The number of nitrogen functional groups attached to an aromatic ring is 1. The summed E-state index contributed by atoms with van der Waals surface area (Å²) in [5, 5.41) is 9.52.